The molecule has 2 heterocycles. The van der Waals surface area contributed by atoms with Gasteiger partial charge in [0.25, 0.3) is 11.8 Å². The summed E-state index contributed by atoms with van der Waals surface area (Å²) in [6.45, 7) is 0.0801. The molecule has 3 rings (SSSR count). The summed E-state index contributed by atoms with van der Waals surface area (Å²) in [4.78, 5) is 51.6. The van der Waals surface area contributed by atoms with Gasteiger partial charge in [-0.25, -0.2) is 9.59 Å². The van der Waals surface area contributed by atoms with E-state index in [1.54, 1.807) is 24.3 Å². The number of rotatable bonds is 7. The van der Waals surface area contributed by atoms with Gasteiger partial charge in [-0.2, -0.15) is 0 Å². The summed E-state index contributed by atoms with van der Waals surface area (Å²) < 4.78 is 5.31. The molecule has 1 aliphatic heterocycles. The molecule has 0 spiro atoms. The Kier molecular flexibility index (Phi) is 6.57. The number of carbonyl (C=O) groups excluding carboxylic acids is 3. The van der Waals surface area contributed by atoms with Crippen molar-refractivity contribution in [3.8, 4) is 0 Å². The molecule has 158 valence electrons. The second-order valence-corrected chi connectivity index (χ2v) is 7.31. The number of nitrogens with two attached hydrogens (primary N) is 1. The lowest BCUT2D eigenvalue weighted by atomic mass is 10.1. The average Bonchev–Trinajstić information content (AvgIpc) is 3.01. The highest BCUT2D eigenvalue weighted by molar-refractivity contribution is 7.98. The third kappa shape index (κ3) is 5.29. The van der Waals surface area contributed by atoms with Crippen LogP contribution in [0.3, 0.4) is 0 Å². The average molecular weight is 433 g/mol. The van der Waals surface area contributed by atoms with Gasteiger partial charge in [-0.05, 0) is 23.8 Å². The fourth-order valence-electron chi connectivity index (χ4n) is 2.66. The van der Waals surface area contributed by atoms with Crippen LogP contribution in [-0.4, -0.2) is 34.8 Å². The zero-order valence-electron chi connectivity index (χ0n) is 15.7. The summed E-state index contributed by atoms with van der Waals surface area (Å²) in [5, 5.41) is 13.3. The second-order valence-electron chi connectivity index (χ2n) is 6.33. The van der Waals surface area contributed by atoms with Gasteiger partial charge in [-0.15, -0.1) is 16.8 Å². The highest BCUT2D eigenvalue weighted by Gasteiger charge is 2.32. The monoisotopic (exact) mass is 433 g/mol. The summed E-state index contributed by atoms with van der Waals surface area (Å²) in [5.74, 6) is -0.520. The first-order valence-electron chi connectivity index (χ1n) is 8.86. The molecule has 12 heteroatoms. The number of carbonyl (C=O) groups is 3. The molecule has 0 unspecified atom stereocenters. The number of hydrogen-bond donors (Lipinski definition) is 4. The number of benzene rings is 1. The Balaban J connectivity index is 1.62. The molecule has 3 amide bonds. The Morgan fingerprint density at radius 2 is 1.93 bits per heavy atom. The minimum Gasteiger partial charge on any atom is -0.423 e. The lowest BCUT2D eigenvalue weighted by Gasteiger charge is -2.13. The SMILES string of the molecule is N=C(N)NCSCc1cc2cc(CNC(=O)ON3C(=O)CCC3=O)ccc2oc1=O. The van der Waals surface area contributed by atoms with Crippen LogP contribution in [0.5, 0.6) is 0 Å². The van der Waals surface area contributed by atoms with Crippen molar-refractivity contribution in [3.63, 3.8) is 0 Å². The zero-order chi connectivity index (χ0) is 21.7. The number of nitrogens with one attached hydrogen (secondary N) is 3. The van der Waals surface area contributed by atoms with Gasteiger partial charge in [0.05, 0.1) is 5.88 Å². The van der Waals surface area contributed by atoms with Crippen molar-refractivity contribution in [1.29, 1.82) is 5.41 Å². The number of hydroxylamine groups is 2. The van der Waals surface area contributed by atoms with E-state index in [-0.39, 0.29) is 25.3 Å². The van der Waals surface area contributed by atoms with Crippen LogP contribution in [0.1, 0.15) is 24.0 Å². The van der Waals surface area contributed by atoms with Crippen LogP contribution >= 0.6 is 11.8 Å². The number of hydrogen-bond acceptors (Lipinski definition) is 8. The molecule has 30 heavy (non-hydrogen) atoms. The van der Waals surface area contributed by atoms with Crippen molar-refractivity contribution in [2.45, 2.75) is 25.1 Å². The van der Waals surface area contributed by atoms with Gasteiger partial charge in [0.2, 0.25) is 0 Å². The fourth-order valence-corrected chi connectivity index (χ4v) is 3.44. The smallest absolute Gasteiger partial charge is 0.423 e. The first kappa shape index (κ1) is 21.2. The van der Waals surface area contributed by atoms with Crippen molar-refractivity contribution in [2.24, 2.45) is 5.73 Å². The van der Waals surface area contributed by atoms with Gasteiger partial charge >= 0.3 is 11.7 Å². The maximum atomic E-state index is 12.1. The van der Waals surface area contributed by atoms with E-state index in [1.165, 1.54) is 11.8 Å². The molecular formula is C18H19N5O6S. The van der Waals surface area contributed by atoms with E-state index in [1.807, 2.05) is 0 Å². The van der Waals surface area contributed by atoms with Gasteiger partial charge in [-0.3, -0.25) is 15.0 Å². The summed E-state index contributed by atoms with van der Waals surface area (Å²) >= 11 is 1.37. The van der Waals surface area contributed by atoms with Gasteiger partial charge < -0.3 is 25.6 Å². The number of nitrogens with zero attached hydrogens (tertiary/aromatic N) is 1. The van der Waals surface area contributed by atoms with Crippen molar-refractivity contribution in [3.05, 3.63) is 45.8 Å². The maximum absolute atomic E-state index is 12.1. The second kappa shape index (κ2) is 9.31. The zero-order valence-corrected chi connectivity index (χ0v) is 16.5. The van der Waals surface area contributed by atoms with Crippen molar-refractivity contribution in [2.75, 3.05) is 5.88 Å². The van der Waals surface area contributed by atoms with E-state index in [2.05, 4.69) is 10.6 Å². The standard InChI is InChI=1S/C18H19N5O6S/c19-17(20)22-9-30-8-12-6-11-5-10(1-2-13(11)28-16(12)26)7-21-18(27)29-23-14(24)3-4-15(23)25/h1-2,5-6H,3-4,7-9H2,(H,21,27)(H4,19,20,22). The highest BCUT2D eigenvalue weighted by Crippen LogP contribution is 2.18. The predicted molar refractivity (Wildman–Crippen MR) is 108 cm³/mol. The highest BCUT2D eigenvalue weighted by atomic mass is 32.2. The van der Waals surface area contributed by atoms with Crippen LogP contribution in [-0.2, 0) is 26.7 Å². The van der Waals surface area contributed by atoms with E-state index in [4.69, 9.17) is 20.4 Å². The molecule has 1 fully saturated rings. The minimum absolute atomic E-state index is 0.0213. The number of amides is 3. The normalized spacial score (nSPS) is 13.5. The van der Waals surface area contributed by atoms with Crippen molar-refractivity contribution >= 4 is 46.6 Å². The van der Waals surface area contributed by atoms with E-state index in [9.17, 15) is 19.2 Å². The summed E-state index contributed by atoms with van der Waals surface area (Å²) in [5.41, 5.74) is 6.30. The number of fused-ring (bicyclic) bond motifs is 1. The molecule has 0 radical (unpaired) electrons. The van der Waals surface area contributed by atoms with E-state index >= 15 is 0 Å². The largest absolute Gasteiger partial charge is 0.432 e. The van der Waals surface area contributed by atoms with E-state index < -0.39 is 23.5 Å². The summed E-state index contributed by atoms with van der Waals surface area (Å²) in [7, 11) is 0. The third-order valence-electron chi connectivity index (χ3n) is 4.11. The molecule has 5 N–H and O–H groups in total. The molecule has 1 aliphatic rings. The molecule has 0 aliphatic carbocycles. The van der Waals surface area contributed by atoms with E-state index in [0.717, 1.165) is 0 Å². The molecule has 1 aromatic carbocycles. The van der Waals surface area contributed by atoms with E-state index in [0.29, 0.717) is 38.8 Å². The Hall–Kier alpha value is -3.54. The van der Waals surface area contributed by atoms with Gasteiger partial charge in [0.15, 0.2) is 5.96 Å². The third-order valence-corrected chi connectivity index (χ3v) is 4.97. The number of thioether (sulfide) groups is 1. The maximum Gasteiger partial charge on any atom is 0.432 e. The molecule has 0 saturated carbocycles. The van der Waals surface area contributed by atoms with Gasteiger partial charge in [0.1, 0.15) is 5.58 Å². The summed E-state index contributed by atoms with van der Waals surface area (Å²) in [6.07, 6.45) is -0.880. The first-order valence-corrected chi connectivity index (χ1v) is 10.0. The molecule has 1 saturated heterocycles. The molecule has 2 aromatic rings. The van der Waals surface area contributed by atoms with Crippen molar-refractivity contribution < 1.29 is 23.6 Å². The van der Waals surface area contributed by atoms with Crippen LogP contribution in [0.15, 0.2) is 33.5 Å². The summed E-state index contributed by atoms with van der Waals surface area (Å²) in [6, 6.07) is 6.72. The Morgan fingerprint density at radius 1 is 1.20 bits per heavy atom. The van der Waals surface area contributed by atoms with Crippen LogP contribution in [0, 0.1) is 5.41 Å². The molecular weight excluding hydrogens is 414 g/mol. The van der Waals surface area contributed by atoms with Gasteiger partial charge in [0, 0.05) is 36.1 Å². The van der Waals surface area contributed by atoms with Crippen LogP contribution in [0.4, 0.5) is 4.79 Å². The lowest BCUT2D eigenvalue weighted by Crippen LogP contribution is -2.36. The molecule has 11 nitrogen and oxygen atoms in total. The van der Waals surface area contributed by atoms with Crippen molar-refractivity contribution in [1.82, 2.24) is 15.7 Å². The van der Waals surface area contributed by atoms with Crippen LogP contribution in [0.25, 0.3) is 11.0 Å². The lowest BCUT2D eigenvalue weighted by molar-refractivity contribution is -0.171. The Labute approximate surface area is 174 Å². The van der Waals surface area contributed by atoms with Gasteiger partial charge in [-0.1, -0.05) is 6.07 Å². The predicted octanol–water partition coefficient (Wildman–Crippen LogP) is 0.757. The van der Waals surface area contributed by atoms with Crippen LogP contribution in [0.2, 0.25) is 0 Å². The topological polar surface area (TPSA) is 168 Å². The Bertz CT molecular complexity index is 1050. The minimum atomic E-state index is -0.923. The molecule has 0 atom stereocenters. The quantitative estimate of drug-likeness (QED) is 0.123. The van der Waals surface area contributed by atoms with Crippen LogP contribution < -0.4 is 22.0 Å². The number of imide groups is 1. The first-order chi connectivity index (χ1) is 14.3. The molecule has 1 aromatic heterocycles. The number of guanidine groups is 1. The molecule has 0 bridgehead atoms. The Morgan fingerprint density at radius 3 is 2.63 bits per heavy atom. The fraction of sp³-hybridized carbons (Fsp3) is 0.278.